The molecule has 0 bridgehead atoms. The first-order chi connectivity index (χ1) is 11.8. The van der Waals surface area contributed by atoms with E-state index >= 15 is 0 Å². The van der Waals surface area contributed by atoms with Crippen molar-refractivity contribution in [1.82, 2.24) is 14.9 Å². The molecule has 0 radical (unpaired) electrons. The number of urea groups is 1. The van der Waals surface area contributed by atoms with Crippen LogP contribution in [0.25, 0.3) is 0 Å². The molecule has 138 valence electrons. The van der Waals surface area contributed by atoms with E-state index in [1.807, 2.05) is 0 Å². The van der Waals surface area contributed by atoms with E-state index in [4.69, 9.17) is 11.6 Å². The van der Waals surface area contributed by atoms with Gasteiger partial charge in [0.15, 0.2) is 6.04 Å². The smallest absolute Gasteiger partial charge is 0.321 e. The number of piperazine rings is 1. The zero-order chi connectivity index (χ0) is 18.6. The molecular formula is C15H22ClN4O4S+. The van der Waals surface area contributed by atoms with Crippen molar-refractivity contribution in [3.8, 4) is 0 Å². The summed E-state index contributed by atoms with van der Waals surface area (Å²) in [5, 5.41) is 5.05. The number of rotatable bonds is 4. The molecule has 3 N–H and O–H groups in total. The summed E-state index contributed by atoms with van der Waals surface area (Å²) in [5.41, 5.74) is 0. The van der Waals surface area contributed by atoms with Gasteiger partial charge in [0.2, 0.25) is 10.0 Å². The van der Waals surface area contributed by atoms with Crippen molar-refractivity contribution < 1.29 is 22.9 Å². The van der Waals surface area contributed by atoms with Crippen LogP contribution in [0.4, 0.5) is 4.79 Å². The Balaban J connectivity index is 1.98. The number of hydrogen-bond acceptors (Lipinski definition) is 4. The summed E-state index contributed by atoms with van der Waals surface area (Å²) in [4.78, 5) is 24.4. The normalized spacial score (nSPS) is 17.7. The summed E-state index contributed by atoms with van der Waals surface area (Å²) in [7, 11) is -2.14. The SMILES string of the molecule is CNC(=O)NC(=O)[C@H](C)[NH+]1CCN(S(=O)(=O)c2ccc(Cl)cc2)CC1. The molecule has 0 aliphatic carbocycles. The zero-order valence-corrected chi connectivity index (χ0v) is 15.7. The van der Waals surface area contributed by atoms with Gasteiger partial charge in [0, 0.05) is 12.1 Å². The van der Waals surface area contributed by atoms with Gasteiger partial charge in [-0.3, -0.25) is 10.1 Å². The van der Waals surface area contributed by atoms with Crippen LogP contribution in [0.5, 0.6) is 0 Å². The Hall–Kier alpha value is -1.68. The van der Waals surface area contributed by atoms with Crippen molar-refractivity contribution >= 4 is 33.6 Å². The number of benzene rings is 1. The molecule has 1 fully saturated rings. The van der Waals surface area contributed by atoms with Crippen molar-refractivity contribution in [2.45, 2.75) is 17.9 Å². The van der Waals surface area contributed by atoms with Gasteiger partial charge in [-0.25, -0.2) is 13.2 Å². The van der Waals surface area contributed by atoms with Crippen LogP contribution in [-0.2, 0) is 14.8 Å². The van der Waals surface area contributed by atoms with Crippen molar-refractivity contribution in [1.29, 1.82) is 0 Å². The molecule has 1 aromatic carbocycles. The number of carbonyl (C=O) groups excluding carboxylic acids is 2. The third-order valence-corrected chi connectivity index (χ3v) is 6.45. The Morgan fingerprint density at radius 2 is 1.76 bits per heavy atom. The van der Waals surface area contributed by atoms with E-state index in [2.05, 4.69) is 10.6 Å². The molecule has 1 atom stereocenters. The lowest BCUT2D eigenvalue weighted by Crippen LogP contribution is -3.19. The number of imide groups is 1. The topological polar surface area (TPSA) is 100 Å². The summed E-state index contributed by atoms with van der Waals surface area (Å²) >= 11 is 5.80. The molecule has 1 aliphatic rings. The van der Waals surface area contributed by atoms with Crippen LogP contribution in [0.2, 0.25) is 5.02 Å². The lowest BCUT2D eigenvalue weighted by atomic mass is 10.2. The van der Waals surface area contributed by atoms with E-state index in [1.54, 1.807) is 19.1 Å². The van der Waals surface area contributed by atoms with Crippen LogP contribution >= 0.6 is 11.6 Å². The third kappa shape index (κ3) is 4.69. The minimum atomic E-state index is -3.57. The number of nitrogens with one attached hydrogen (secondary N) is 3. The Morgan fingerprint density at radius 3 is 2.28 bits per heavy atom. The number of carbonyl (C=O) groups is 2. The standard InChI is InChI=1S/C15H21ClN4O4S/c1-11(14(21)18-15(22)17-2)19-7-9-20(10-8-19)25(23,24)13-5-3-12(16)4-6-13/h3-6,11H,7-10H2,1-2H3,(H2,17,18,21,22)/p+1/t11-/m0/s1. The zero-order valence-electron chi connectivity index (χ0n) is 14.1. The van der Waals surface area contributed by atoms with Gasteiger partial charge in [-0.15, -0.1) is 0 Å². The van der Waals surface area contributed by atoms with Crippen molar-refractivity contribution in [2.24, 2.45) is 0 Å². The average Bonchev–Trinajstić information content (AvgIpc) is 2.61. The van der Waals surface area contributed by atoms with Crippen LogP contribution < -0.4 is 15.5 Å². The van der Waals surface area contributed by atoms with Crippen molar-refractivity contribution in [3.05, 3.63) is 29.3 Å². The molecule has 0 spiro atoms. The second-order valence-electron chi connectivity index (χ2n) is 5.81. The van der Waals surface area contributed by atoms with Crippen LogP contribution in [0, 0.1) is 0 Å². The first kappa shape index (κ1) is 19.6. The van der Waals surface area contributed by atoms with Gasteiger partial charge in [0.1, 0.15) is 0 Å². The number of quaternary nitrogens is 1. The number of sulfonamides is 1. The van der Waals surface area contributed by atoms with Gasteiger partial charge in [0.25, 0.3) is 5.91 Å². The predicted molar refractivity (Wildman–Crippen MR) is 93.0 cm³/mol. The molecule has 0 aromatic heterocycles. The number of amides is 3. The van der Waals surface area contributed by atoms with Crippen LogP contribution in [0.15, 0.2) is 29.2 Å². The lowest BCUT2D eigenvalue weighted by molar-refractivity contribution is -0.917. The monoisotopic (exact) mass is 389 g/mol. The Bertz CT molecular complexity index is 730. The Labute approximate surface area is 152 Å². The maximum atomic E-state index is 12.6. The molecule has 8 nitrogen and oxygen atoms in total. The second-order valence-corrected chi connectivity index (χ2v) is 8.18. The molecule has 1 saturated heterocycles. The highest BCUT2D eigenvalue weighted by molar-refractivity contribution is 7.89. The fourth-order valence-electron chi connectivity index (χ4n) is 2.67. The number of halogens is 1. The van der Waals surface area contributed by atoms with Gasteiger partial charge in [0.05, 0.1) is 31.1 Å². The van der Waals surface area contributed by atoms with Crippen LogP contribution in [-0.4, -0.2) is 63.9 Å². The number of hydrogen-bond donors (Lipinski definition) is 3. The molecule has 0 unspecified atom stereocenters. The van der Waals surface area contributed by atoms with E-state index in [0.717, 1.165) is 4.90 Å². The summed E-state index contributed by atoms with van der Waals surface area (Å²) in [5.74, 6) is -0.386. The second kappa shape index (κ2) is 8.13. The average molecular weight is 390 g/mol. The summed E-state index contributed by atoms with van der Waals surface area (Å²) in [6.45, 7) is 3.29. The largest absolute Gasteiger partial charge is 0.341 e. The first-order valence-corrected chi connectivity index (χ1v) is 9.70. The Morgan fingerprint density at radius 1 is 1.20 bits per heavy atom. The molecule has 0 saturated carbocycles. The van der Waals surface area contributed by atoms with Crippen LogP contribution in [0.1, 0.15) is 6.92 Å². The van der Waals surface area contributed by atoms with Gasteiger partial charge in [-0.2, -0.15) is 4.31 Å². The molecular weight excluding hydrogens is 368 g/mol. The maximum absolute atomic E-state index is 12.6. The van der Waals surface area contributed by atoms with E-state index in [-0.39, 0.29) is 10.8 Å². The minimum Gasteiger partial charge on any atom is -0.341 e. The molecule has 1 aliphatic heterocycles. The fourth-order valence-corrected chi connectivity index (χ4v) is 4.24. The molecule has 10 heteroatoms. The molecule has 2 rings (SSSR count). The van der Waals surface area contributed by atoms with E-state index in [1.165, 1.54) is 23.5 Å². The van der Waals surface area contributed by atoms with Gasteiger partial charge in [-0.1, -0.05) is 11.6 Å². The predicted octanol–water partition coefficient (Wildman–Crippen LogP) is -0.927. The summed E-state index contributed by atoms with van der Waals surface area (Å²) < 4.78 is 26.7. The molecule has 1 aromatic rings. The van der Waals surface area contributed by atoms with Crippen molar-refractivity contribution in [3.63, 3.8) is 0 Å². The molecule has 1 heterocycles. The van der Waals surface area contributed by atoms with Crippen molar-refractivity contribution in [2.75, 3.05) is 33.2 Å². The molecule has 25 heavy (non-hydrogen) atoms. The van der Waals surface area contributed by atoms with Crippen LogP contribution in [0.3, 0.4) is 0 Å². The fraction of sp³-hybridized carbons (Fsp3) is 0.467. The quantitative estimate of drug-likeness (QED) is 0.619. The van der Waals surface area contributed by atoms with Gasteiger partial charge in [-0.05, 0) is 31.2 Å². The summed E-state index contributed by atoms with van der Waals surface area (Å²) in [6.07, 6.45) is 0. The third-order valence-electron chi connectivity index (χ3n) is 4.29. The summed E-state index contributed by atoms with van der Waals surface area (Å²) in [6, 6.07) is 5.05. The molecule has 3 amide bonds. The highest BCUT2D eigenvalue weighted by Crippen LogP contribution is 2.18. The van der Waals surface area contributed by atoms with E-state index in [0.29, 0.717) is 31.2 Å². The van der Waals surface area contributed by atoms with E-state index in [9.17, 15) is 18.0 Å². The highest BCUT2D eigenvalue weighted by Gasteiger charge is 2.34. The lowest BCUT2D eigenvalue weighted by Gasteiger charge is -2.34. The van der Waals surface area contributed by atoms with Gasteiger partial charge >= 0.3 is 6.03 Å². The van der Waals surface area contributed by atoms with E-state index < -0.39 is 22.1 Å². The minimum absolute atomic E-state index is 0.200. The first-order valence-electron chi connectivity index (χ1n) is 7.88. The number of nitrogens with zero attached hydrogens (tertiary/aromatic N) is 1. The van der Waals surface area contributed by atoms with Gasteiger partial charge < -0.3 is 10.2 Å². The highest BCUT2D eigenvalue weighted by atomic mass is 35.5. The Kier molecular flexibility index (Phi) is 6.39. The maximum Gasteiger partial charge on any atom is 0.321 e.